The van der Waals surface area contributed by atoms with Crippen molar-refractivity contribution in [3.63, 3.8) is 0 Å². The van der Waals surface area contributed by atoms with E-state index in [1.54, 1.807) is 34.7 Å². The molecular weight excluding hydrogens is 315 g/mol. The van der Waals surface area contributed by atoms with Gasteiger partial charge in [0, 0.05) is 36.7 Å². The molecular formula is C13H14BrFN2O2. The van der Waals surface area contributed by atoms with Gasteiger partial charge in [0.25, 0.3) is 5.56 Å². The van der Waals surface area contributed by atoms with Gasteiger partial charge in [-0.2, -0.15) is 0 Å². The Hall–Kier alpha value is -1.56. The van der Waals surface area contributed by atoms with Gasteiger partial charge in [0.2, 0.25) is 0 Å². The van der Waals surface area contributed by atoms with Gasteiger partial charge < -0.3 is 4.74 Å². The SMILES string of the molecule is Cn1ccc(=O)n1CCCOc1ccc(Br)cc1F. The first-order valence-electron chi connectivity index (χ1n) is 5.88. The molecule has 0 spiro atoms. The Morgan fingerprint density at radius 3 is 2.79 bits per heavy atom. The first-order valence-corrected chi connectivity index (χ1v) is 6.67. The Bertz CT molecular complexity index is 621. The summed E-state index contributed by atoms with van der Waals surface area (Å²) in [5, 5.41) is 0. The van der Waals surface area contributed by atoms with Crippen LogP contribution in [0.15, 0.2) is 39.7 Å². The lowest BCUT2D eigenvalue weighted by atomic mass is 10.3. The molecule has 0 N–H and O–H groups in total. The van der Waals surface area contributed by atoms with Crippen molar-refractivity contribution in [2.45, 2.75) is 13.0 Å². The molecule has 0 aliphatic carbocycles. The second-order valence-corrected chi connectivity index (χ2v) is 5.04. The maximum Gasteiger partial charge on any atom is 0.266 e. The maximum atomic E-state index is 13.5. The third-order valence-electron chi connectivity index (χ3n) is 2.73. The Morgan fingerprint density at radius 2 is 2.16 bits per heavy atom. The summed E-state index contributed by atoms with van der Waals surface area (Å²) in [5.74, 6) is -0.173. The number of halogens is 2. The predicted molar refractivity (Wildman–Crippen MR) is 73.9 cm³/mol. The highest BCUT2D eigenvalue weighted by atomic mass is 79.9. The molecule has 0 radical (unpaired) electrons. The van der Waals surface area contributed by atoms with Crippen LogP contribution in [-0.4, -0.2) is 16.0 Å². The average Bonchev–Trinajstić information content (AvgIpc) is 2.68. The molecule has 0 atom stereocenters. The summed E-state index contributed by atoms with van der Waals surface area (Å²) in [4.78, 5) is 11.4. The van der Waals surface area contributed by atoms with E-state index in [2.05, 4.69) is 15.9 Å². The average molecular weight is 329 g/mol. The van der Waals surface area contributed by atoms with Crippen LogP contribution in [0.2, 0.25) is 0 Å². The molecule has 1 heterocycles. The van der Waals surface area contributed by atoms with Crippen LogP contribution in [0.5, 0.6) is 5.75 Å². The van der Waals surface area contributed by atoms with Gasteiger partial charge >= 0.3 is 0 Å². The van der Waals surface area contributed by atoms with Crippen LogP contribution in [0.4, 0.5) is 4.39 Å². The molecule has 0 aliphatic rings. The third-order valence-corrected chi connectivity index (χ3v) is 3.23. The van der Waals surface area contributed by atoms with Gasteiger partial charge in [0.1, 0.15) is 0 Å². The van der Waals surface area contributed by atoms with E-state index in [-0.39, 0.29) is 11.3 Å². The molecule has 1 aromatic carbocycles. The Balaban J connectivity index is 1.86. The molecule has 102 valence electrons. The highest BCUT2D eigenvalue weighted by molar-refractivity contribution is 9.10. The van der Waals surface area contributed by atoms with E-state index in [0.717, 1.165) is 0 Å². The van der Waals surface area contributed by atoms with Crippen LogP contribution in [0.3, 0.4) is 0 Å². The second kappa shape index (κ2) is 6.06. The quantitative estimate of drug-likeness (QED) is 0.791. The molecule has 0 saturated carbocycles. The number of aromatic nitrogens is 2. The van der Waals surface area contributed by atoms with E-state index in [1.165, 1.54) is 12.1 Å². The number of nitrogens with zero attached hydrogens (tertiary/aromatic N) is 2. The molecule has 0 aliphatic heterocycles. The lowest BCUT2D eigenvalue weighted by molar-refractivity contribution is 0.280. The molecule has 4 nitrogen and oxygen atoms in total. The van der Waals surface area contributed by atoms with E-state index in [0.29, 0.717) is 24.0 Å². The second-order valence-electron chi connectivity index (χ2n) is 4.13. The Labute approximate surface area is 118 Å². The first kappa shape index (κ1) is 13.9. The summed E-state index contributed by atoms with van der Waals surface area (Å²) in [6, 6.07) is 6.17. The largest absolute Gasteiger partial charge is 0.490 e. The van der Waals surface area contributed by atoms with Crippen molar-refractivity contribution < 1.29 is 9.13 Å². The molecule has 6 heteroatoms. The van der Waals surface area contributed by atoms with Crippen LogP contribution in [0.25, 0.3) is 0 Å². The van der Waals surface area contributed by atoms with Gasteiger partial charge in [-0.1, -0.05) is 15.9 Å². The van der Waals surface area contributed by atoms with Crippen LogP contribution in [-0.2, 0) is 13.6 Å². The number of aryl methyl sites for hydroxylation is 1. The van der Waals surface area contributed by atoms with Crippen molar-refractivity contribution in [2.24, 2.45) is 7.05 Å². The van der Waals surface area contributed by atoms with Gasteiger partial charge in [0.05, 0.1) is 6.61 Å². The summed E-state index contributed by atoms with van der Waals surface area (Å²) in [6.45, 7) is 0.899. The summed E-state index contributed by atoms with van der Waals surface area (Å²) in [7, 11) is 1.80. The van der Waals surface area contributed by atoms with Gasteiger partial charge in [-0.3, -0.25) is 14.2 Å². The fraction of sp³-hybridized carbons (Fsp3) is 0.308. The smallest absolute Gasteiger partial charge is 0.266 e. The van der Waals surface area contributed by atoms with Crippen LogP contribution in [0, 0.1) is 5.82 Å². The van der Waals surface area contributed by atoms with Crippen LogP contribution in [0.1, 0.15) is 6.42 Å². The summed E-state index contributed by atoms with van der Waals surface area (Å²) >= 11 is 3.18. The number of rotatable bonds is 5. The van der Waals surface area contributed by atoms with Crippen molar-refractivity contribution in [2.75, 3.05) is 6.61 Å². The summed E-state index contributed by atoms with van der Waals surface area (Å²) in [5.41, 5.74) is -0.0441. The molecule has 1 aromatic heterocycles. The standard InChI is InChI=1S/C13H14BrFN2O2/c1-16-7-5-13(18)17(16)6-2-8-19-12-4-3-10(14)9-11(12)15/h3-5,7,9H,2,6,8H2,1H3. The number of benzene rings is 1. The van der Waals surface area contributed by atoms with E-state index >= 15 is 0 Å². The number of ether oxygens (including phenoxy) is 1. The van der Waals surface area contributed by atoms with Gasteiger partial charge in [-0.15, -0.1) is 0 Å². The molecule has 0 saturated heterocycles. The zero-order valence-corrected chi connectivity index (χ0v) is 12.1. The summed E-state index contributed by atoms with van der Waals surface area (Å²) < 4.78 is 22.8. The normalized spacial score (nSPS) is 10.7. The minimum absolute atomic E-state index is 0.0441. The molecule has 0 fully saturated rings. The number of hydrogen-bond donors (Lipinski definition) is 0. The van der Waals surface area contributed by atoms with E-state index in [4.69, 9.17) is 4.74 Å². The van der Waals surface area contributed by atoms with Crippen LogP contribution < -0.4 is 10.3 Å². The molecule has 2 aromatic rings. The van der Waals surface area contributed by atoms with Crippen molar-refractivity contribution in [1.29, 1.82) is 0 Å². The van der Waals surface area contributed by atoms with E-state index in [1.807, 2.05) is 0 Å². The highest BCUT2D eigenvalue weighted by Crippen LogP contribution is 2.21. The Morgan fingerprint density at radius 1 is 1.37 bits per heavy atom. The first-order chi connectivity index (χ1) is 9.08. The molecule has 0 bridgehead atoms. The monoisotopic (exact) mass is 328 g/mol. The van der Waals surface area contributed by atoms with E-state index in [9.17, 15) is 9.18 Å². The fourth-order valence-electron chi connectivity index (χ4n) is 1.75. The molecule has 19 heavy (non-hydrogen) atoms. The van der Waals surface area contributed by atoms with Gasteiger partial charge in [0.15, 0.2) is 11.6 Å². The Kier molecular flexibility index (Phi) is 4.42. The zero-order chi connectivity index (χ0) is 13.8. The van der Waals surface area contributed by atoms with Crippen molar-refractivity contribution in [1.82, 2.24) is 9.36 Å². The number of hydrogen-bond acceptors (Lipinski definition) is 2. The lowest BCUT2D eigenvalue weighted by Crippen LogP contribution is -2.22. The fourth-order valence-corrected chi connectivity index (χ4v) is 2.08. The predicted octanol–water partition coefficient (Wildman–Crippen LogP) is 2.56. The molecule has 0 unspecified atom stereocenters. The highest BCUT2D eigenvalue weighted by Gasteiger charge is 2.04. The van der Waals surface area contributed by atoms with E-state index < -0.39 is 5.82 Å². The van der Waals surface area contributed by atoms with Crippen molar-refractivity contribution in [3.8, 4) is 5.75 Å². The third kappa shape index (κ3) is 3.47. The maximum absolute atomic E-state index is 13.5. The molecule has 0 amide bonds. The summed E-state index contributed by atoms with van der Waals surface area (Å²) in [6.07, 6.45) is 2.34. The minimum atomic E-state index is -0.398. The zero-order valence-electron chi connectivity index (χ0n) is 10.5. The van der Waals surface area contributed by atoms with Gasteiger partial charge in [-0.05, 0) is 18.2 Å². The van der Waals surface area contributed by atoms with Crippen molar-refractivity contribution in [3.05, 3.63) is 51.1 Å². The minimum Gasteiger partial charge on any atom is -0.490 e. The lowest BCUT2D eigenvalue weighted by Gasteiger charge is -2.09. The van der Waals surface area contributed by atoms with Crippen LogP contribution >= 0.6 is 15.9 Å². The van der Waals surface area contributed by atoms with Gasteiger partial charge in [-0.25, -0.2) is 4.39 Å². The van der Waals surface area contributed by atoms with Crippen molar-refractivity contribution >= 4 is 15.9 Å². The molecule has 2 rings (SSSR count). The topological polar surface area (TPSA) is 36.2 Å².